The summed E-state index contributed by atoms with van der Waals surface area (Å²) in [4.78, 5) is 0. The quantitative estimate of drug-likeness (QED) is 0.845. The third-order valence-electron chi connectivity index (χ3n) is 2.71. The summed E-state index contributed by atoms with van der Waals surface area (Å²) in [6.45, 7) is 2.07. The van der Waals surface area contributed by atoms with Gasteiger partial charge in [-0.15, -0.1) is 0 Å². The fourth-order valence-corrected chi connectivity index (χ4v) is 2.07. The summed E-state index contributed by atoms with van der Waals surface area (Å²) in [5.74, 6) is 1.56. The number of ether oxygens (including phenoxy) is 2. The number of anilines is 1. The van der Waals surface area contributed by atoms with E-state index in [0.717, 1.165) is 11.1 Å². The van der Waals surface area contributed by atoms with Crippen LogP contribution in [0.15, 0.2) is 16.8 Å². The Kier molecular flexibility index (Phi) is 2.16. The summed E-state index contributed by atoms with van der Waals surface area (Å²) >= 11 is 6.28. The number of hydrogen-bond donors (Lipinski definition) is 1. The molecule has 0 spiro atoms. The average molecular weight is 253 g/mol. The minimum absolute atomic E-state index is 0.203. The minimum atomic E-state index is 0.203. The van der Waals surface area contributed by atoms with Crippen LogP contribution in [0.1, 0.15) is 5.56 Å². The molecule has 88 valence electrons. The van der Waals surface area contributed by atoms with E-state index in [1.54, 1.807) is 6.07 Å². The Hall–Kier alpha value is -1.88. The predicted octanol–water partition coefficient (Wildman–Crippen LogP) is 2.61. The number of fused-ring (bicyclic) bond motifs is 1. The van der Waals surface area contributed by atoms with E-state index in [0.29, 0.717) is 22.1 Å². The molecule has 0 aliphatic carbocycles. The molecule has 1 aliphatic heterocycles. The van der Waals surface area contributed by atoms with Crippen molar-refractivity contribution in [2.45, 2.75) is 6.92 Å². The molecule has 1 aliphatic rings. The van der Waals surface area contributed by atoms with Crippen LogP contribution in [-0.2, 0) is 0 Å². The summed E-state index contributed by atoms with van der Waals surface area (Å²) in [7, 11) is 0. The van der Waals surface area contributed by atoms with Crippen molar-refractivity contribution >= 4 is 17.5 Å². The van der Waals surface area contributed by atoms with E-state index >= 15 is 0 Å². The van der Waals surface area contributed by atoms with E-state index in [1.165, 1.54) is 6.20 Å². The molecule has 2 N–H and O–H groups in total. The number of halogens is 1. The zero-order valence-corrected chi connectivity index (χ0v) is 9.75. The Balaban J connectivity index is 2.25. The number of nitrogens with zero attached hydrogens (tertiary/aromatic N) is 1. The minimum Gasteiger partial charge on any atom is -0.454 e. The monoisotopic (exact) mass is 252 g/mol. The largest absolute Gasteiger partial charge is 0.454 e. The molecule has 6 heteroatoms. The van der Waals surface area contributed by atoms with Gasteiger partial charge in [-0.05, 0) is 13.0 Å². The molecule has 2 aromatic rings. The van der Waals surface area contributed by atoms with Crippen molar-refractivity contribution in [2.24, 2.45) is 0 Å². The number of rotatable bonds is 1. The van der Waals surface area contributed by atoms with Gasteiger partial charge in [0.2, 0.25) is 12.7 Å². The first kappa shape index (κ1) is 10.3. The molecule has 5 nitrogen and oxygen atoms in total. The molecule has 0 atom stereocenters. The first-order valence-electron chi connectivity index (χ1n) is 4.97. The van der Waals surface area contributed by atoms with Crippen molar-refractivity contribution in [3.63, 3.8) is 0 Å². The molecule has 0 saturated heterocycles. The van der Waals surface area contributed by atoms with Gasteiger partial charge in [-0.2, -0.15) is 0 Å². The number of nitrogens with two attached hydrogens (primary N) is 1. The van der Waals surface area contributed by atoms with Gasteiger partial charge >= 0.3 is 0 Å². The zero-order valence-electron chi connectivity index (χ0n) is 8.99. The highest BCUT2D eigenvalue weighted by molar-refractivity contribution is 6.34. The summed E-state index contributed by atoms with van der Waals surface area (Å²) < 4.78 is 15.5. The Bertz CT molecular complexity index is 595. The highest BCUT2D eigenvalue weighted by atomic mass is 35.5. The molecule has 1 aromatic heterocycles. The van der Waals surface area contributed by atoms with Crippen LogP contribution >= 0.6 is 11.6 Å². The SMILES string of the molecule is Cc1c(Cl)c(-c2cnoc2N)cc2c1OCO2. The lowest BCUT2D eigenvalue weighted by molar-refractivity contribution is 0.173. The molecule has 3 rings (SSSR count). The Morgan fingerprint density at radius 1 is 1.35 bits per heavy atom. The summed E-state index contributed by atoms with van der Waals surface area (Å²) in [6.07, 6.45) is 1.53. The molecule has 1 aromatic carbocycles. The van der Waals surface area contributed by atoms with Crippen LogP contribution in [0.5, 0.6) is 11.5 Å². The lowest BCUT2D eigenvalue weighted by Gasteiger charge is -2.08. The van der Waals surface area contributed by atoms with Crippen molar-refractivity contribution in [3.8, 4) is 22.6 Å². The maximum atomic E-state index is 6.28. The number of aromatic nitrogens is 1. The van der Waals surface area contributed by atoms with E-state index in [1.807, 2.05) is 6.92 Å². The Labute approximate surface area is 102 Å². The van der Waals surface area contributed by atoms with Gasteiger partial charge in [-0.25, -0.2) is 0 Å². The molecular formula is C11H9ClN2O3. The van der Waals surface area contributed by atoms with Crippen LogP contribution in [0.2, 0.25) is 5.02 Å². The molecule has 0 amide bonds. The van der Waals surface area contributed by atoms with E-state index in [-0.39, 0.29) is 12.7 Å². The van der Waals surface area contributed by atoms with Crippen molar-refractivity contribution < 1.29 is 14.0 Å². The van der Waals surface area contributed by atoms with E-state index in [2.05, 4.69) is 5.16 Å². The second kappa shape index (κ2) is 3.56. The van der Waals surface area contributed by atoms with Gasteiger partial charge in [-0.1, -0.05) is 16.8 Å². The van der Waals surface area contributed by atoms with Crippen LogP contribution < -0.4 is 15.2 Å². The van der Waals surface area contributed by atoms with Gasteiger partial charge in [0, 0.05) is 11.1 Å². The van der Waals surface area contributed by atoms with Crippen LogP contribution in [0, 0.1) is 6.92 Å². The molecule has 0 saturated carbocycles. The number of benzene rings is 1. The summed E-state index contributed by atoms with van der Waals surface area (Å²) in [5.41, 5.74) is 7.87. The lowest BCUT2D eigenvalue weighted by atomic mass is 10.0. The summed E-state index contributed by atoms with van der Waals surface area (Å²) in [6, 6.07) is 1.78. The van der Waals surface area contributed by atoms with Gasteiger partial charge in [-0.3, -0.25) is 0 Å². The second-order valence-corrected chi connectivity index (χ2v) is 4.08. The van der Waals surface area contributed by atoms with E-state index < -0.39 is 0 Å². The van der Waals surface area contributed by atoms with Crippen LogP contribution in [-0.4, -0.2) is 11.9 Å². The van der Waals surface area contributed by atoms with Gasteiger partial charge in [0.1, 0.15) is 0 Å². The fraction of sp³-hybridized carbons (Fsp3) is 0.182. The molecular weight excluding hydrogens is 244 g/mol. The van der Waals surface area contributed by atoms with Crippen molar-refractivity contribution in [1.82, 2.24) is 5.16 Å². The highest BCUT2D eigenvalue weighted by Crippen LogP contribution is 2.45. The number of nitrogen functional groups attached to an aromatic ring is 1. The smallest absolute Gasteiger partial charge is 0.231 e. The Morgan fingerprint density at radius 3 is 2.88 bits per heavy atom. The van der Waals surface area contributed by atoms with Crippen molar-refractivity contribution in [2.75, 3.05) is 12.5 Å². The third kappa shape index (κ3) is 1.43. The molecule has 0 bridgehead atoms. The predicted molar refractivity (Wildman–Crippen MR) is 62.2 cm³/mol. The molecule has 2 heterocycles. The maximum Gasteiger partial charge on any atom is 0.231 e. The lowest BCUT2D eigenvalue weighted by Crippen LogP contribution is -1.93. The van der Waals surface area contributed by atoms with Crippen molar-refractivity contribution in [1.29, 1.82) is 0 Å². The molecule has 17 heavy (non-hydrogen) atoms. The fourth-order valence-electron chi connectivity index (χ4n) is 1.83. The third-order valence-corrected chi connectivity index (χ3v) is 3.20. The van der Waals surface area contributed by atoms with Gasteiger partial charge in [0.05, 0.1) is 16.8 Å². The topological polar surface area (TPSA) is 70.5 Å². The van der Waals surface area contributed by atoms with Crippen molar-refractivity contribution in [3.05, 3.63) is 22.8 Å². The van der Waals surface area contributed by atoms with E-state index in [4.69, 9.17) is 31.3 Å². The molecule has 0 fully saturated rings. The summed E-state index contributed by atoms with van der Waals surface area (Å²) in [5, 5.41) is 4.19. The van der Waals surface area contributed by atoms with Gasteiger partial charge in [0.25, 0.3) is 0 Å². The zero-order chi connectivity index (χ0) is 12.0. The highest BCUT2D eigenvalue weighted by Gasteiger charge is 2.23. The second-order valence-electron chi connectivity index (χ2n) is 3.70. The number of hydrogen-bond acceptors (Lipinski definition) is 5. The normalized spacial score (nSPS) is 13.1. The van der Waals surface area contributed by atoms with Crippen LogP contribution in [0.25, 0.3) is 11.1 Å². The Morgan fingerprint density at radius 2 is 2.18 bits per heavy atom. The molecule has 0 unspecified atom stereocenters. The standard InChI is InChI=1S/C11H9ClN2O3/c1-5-9(12)6(7-3-14-17-11(7)13)2-8-10(5)16-4-15-8/h2-3H,4,13H2,1H3. The van der Waals surface area contributed by atoms with E-state index in [9.17, 15) is 0 Å². The first-order chi connectivity index (χ1) is 8.18. The van der Waals surface area contributed by atoms with Crippen LogP contribution in [0.3, 0.4) is 0 Å². The van der Waals surface area contributed by atoms with Gasteiger partial charge in [0.15, 0.2) is 11.5 Å². The van der Waals surface area contributed by atoms with Gasteiger partial charge < -0.3 is 19.7 Å². The van der Waals surface area contributed by atoms with Crippen LogP contribution in [0.4, 0.5) is 5.88 Å². The first-order valence-corrected chi connectivity index (χ1v) is 5.35. The maximum absolute atomic E-state index is 6.28. The average Bonchev–Trinajstić information content (AvgIpc) is 2.92. The molecule has 0 radical (unpaired) electrons.